The molecule has 0 amide bonds. The predicted octanol–water partition coefficient (Wildman–Crippen LogP) is 3.53. The Morgan fingerprint density at radius 3 is 2.56 bits per heavy atom. The Morgan fingerprint density at radius 1 is 1.38 bits per heavy atom. The van der Waals surface area contributed by atoms with Gasteiger partial charge in [0.2, 0.25) is 0 Å². The lowest BCUT2D eigenvalue weighted by Gasteiger charge is -2.27. The minimum Gasteiger partial charge on any atom is -0.369 e. The van der Waals surface area contributed by atoms with E-state index >= 15 is 0 Å². The molecule has 1 aromatic heterocycles. The molecule has 0 fully saturated rings. The minimum atomic E-state index is 0.289. The second kappa shape index (κ2) is 5.00. The second-order valence-electron chi connectivity index (χ2n) is 5.29. The Bertz CT molecular complexity index is 358. The molecule has 1 aromatic rings. The van der Waals surface area contributed by atoms with E-state index in [9.17, 15) is 0 Å². The van der Waals surface area contributed by atoms with Gasteiger partial charge in [0, 0.05) is 12.1 Å². The zero-order valence-electron chi connectivity index (χ0n) is 10.6. The summed E-state index contributed by atoms with van der Waals surface area (Å²) < 4.78 is 0. The van der Waals surface area contributed by atoms with Crippen LogP contribution in [0.5, 0.6) is 0 Å². The van der Waals surface area contributed by atoms with Crippen LogP contribution in [-0.2, 0) is 0 Å². The largest absolute Gasteiger partial charge is 0.369 e. The van der Waals surface area contributed by atoms with E-state index in [-0.39, 0.29) is 5.41 Å². The molecule has 0 saturated heterocycles. The van der Waals surface area contributed by atoms with Gasteiger partial charge in [-0.25, -0.2) is 9.97 Å². The van der Waals surface area contributed by atoms with Crippen LogP contribution in [0.3, 0.4) is 0 Å². The van der Waals surface area contributed by atoms with Crippen molar-refractivity contribution in [2.45, 2.75) is 34.6 Å². The van der Waals surface area contributed by atoms with Crippen molar-refractivity contribution in [1.82, 2.24) is 9.97 Å². The van der Waals surface area contributed by atoms with E-state index in [1.165, 1.54) is 6.33 Å². The van der Waals surface area contributed by atoms with Crippen LogP contribution in [-0.4, -0.2) is 16.5 Å². The smallest absolute Gasteiger partial charge is 0.137 e. The standard InChI is InChI=1S/C12H20ClN3/c1-8(12(3,4)5)6-14-11-9(2)10(13)15-7-16-11/h7-8H,6H2,1-5H3,(H,14,15,16). The summed E-state index contributed by atoms with van der Waals surface area (Å²) in [6.07, 6.45) is 1.49. The summed E-state index contributed by atoms with van der Waals surface area (Å²) >= 11 is 5.93. The third kappa shape index (κ3) is 3.34. The first-order valence-electron chi connectivity index (χ1n) is 5.53. The fraction of sp³-hybridized carbons (Fsp3) is 0.667. The Kier molecular flexibility index (Phi) is 4.14. The highest BCUT2D eigenvalue weighted by Gasteiger charge is 2.19. The summed E-state index contributed by atoms with van der Waals surface area (Å²) in [5, 5.41) is 3.84. The van der Waals surface area contributed by atoms with Crippen LogP contribution in [0.15, 0.2) is 6.33 Å². The highest BCUT2D eigenvalue weighted by atomic mass is 35.5. The van der Waals surface area contributed by atoms with Gasteiger partial charge in [0.1, 0.15) is 17.3 Å². The molecular weight excluding hydrogens is 222 g/mol. The van der Waals surface area contributed by atoms with E-state index in [0.29, 0.717) is 11.1 Å². The molecule has 0 aliphatic heterocycles. The lowest BCUT2D eigenvalue weighted by molar-refractivity contribution is 0.274. The molecule has 1 N–H and O–H groups in total. The van der Waals surface area contributed by atoms with Gasteiger partial charge in [-0.1, -0.05) is 39.3 Å². The van der Waals surface area contributed by atoms with Crippen LogP contribution in [0.1, 0.15) is 33.3 Å². The zero-order chi connectivity index (χ0) is 12.3. The van der Waals surface area contributed by atoms with Gasteiger partial charge in [-0.3, -0.25) is 0 Å². The van der Waals surface area contributed by atoms with Crippen molar-refractivity contribution in [3.05, 3.63) is 17.0 Å². The van der Waals surface area contributed by atoms with Crippen molar-refractivity contribution < 1.29 is 0 Å². The van der Waals surface area contributed by atoms with Gasteiger partial charge in [-0.15, -0.1) is 0 Å². The first kappa shape index (κ1) is 13.2. The van der Waals surface area contributed by atoms with Crippen molar-refractivity contribution in [1.29, 1.82) is 0 Å². The number of rotatable bonds is 3. The molecular formula is C12H20ClN3. The number of hydrogen-bond donors (Lipinski definition) is 1. The number of anilines is 1. The molecule has 1 rings (SSSR count). The first-order valence-corrected chi connectivity index (χ1v) is 5.91. The molecule has 0 saturated carbocycles. The highest BCUT2D eigenvalue weighted by Crippen LogP contribution is 2.26. The summed E-state index contributed by atoms with van der Waals surface area (Å²) in [6, 6.07) is 0. The van der Waals surface area contributed by atoms with Crippen molar-refractivity contribution in [3.8, 4) is 0 Å². The van der Waals surface area contributed by atoms with Crippen LogP contribution in [0, 0.1) is 18.3 Å². The van der Waals surface area contributed by atoms with Gasteiger partial charge in [0.25, 0.3) is 0 Å². The predicted molar refractivity (Wildman–Crippen MR) is 68.9 cm³/mol. The fourth-order valence-corrected chi connectivity index (χ4v) is 1.30. The molecule has 1 atom stereocenters. The van der Waals surface area contributed by atoms with Crippen LogP contribution in [0.4, 0.5) is 5.82 Å². The van der Waals surface area contributed by atoms with Gasteiger partial charge >= 0.3 is 0 Å². The summed E-state index contributed by atoms with van der Waals surface area (Å²) in [7, 11) is 0. The molecule has 90 valence electrons. The number of halogens is 1. The van der Waals surface area contributed by atoms with Gasteiger partial charge < -0.3 is 5.32 Å². The summed E-state index contributed by atoms with van der Waals surface area (Å²) in [5.74, 6) is 1.39. The third-order valence-corrected chi connectivity index (χ3v) is 3.46. The maximum atomic E-state index is 5.93. The van der Waals surface area contributed by atoms with E-state index in [2.05, 4.69) is 43.0 Å². The Balaban J connectivity index is 2.65. The van der Waals surface area contributed by atoms with E-state index in [1.807, 2.05) is 6.92 Å². The minimum absolute atomic E-state index is 0.289. The molecule has 16 heavy (non-hydrogen) atoms. The maximum absolute atomic E-state index is 5.93. The van der Waals surface area contributed by atoms with Crippen molar-refractivity contribution in [2.75, 3.05) is 11.9 Å². The molecule has 1 heterocycles. The van der Waals surface area contributed by atoms with E-state index in [0.717, 1.165) is 17.9 Å². The number of hydrogen-bond acceptors (Lipinski definition) is 3. The SMILES string of the molecule is Cc1c(Cl)ncnc1NCC(C)C(C)(C)C. The third-order valence-electron chi connectivity index (χ3n) is 3.08. The van der Waals surface area contributed by atoms with Crippen LogP contribution >= 0.6 is 11.6 Å². The maximum Gasteiger partial charge on any atom is 0.137 e. The molecule has 0 spiro atoms. The summed E-state index contributed by atoms with van der Waals surface area (Å²) in [6.45, 7) is 11.7. The molecule has 0 radical (unpaired) electrons. The molecule has 3 nitrogen and oxygen atoms in total. The summed E-state index contributed by atoms with van der Waals surface area (Å²) in [5.41, 5.74) is 1.20. The molecule has 4 heteroatoms. The van der Waals surface area contributed by atoms with Gasteiger partial charge in [0.15, 0.2) is 0 Å². The van der Waals surface area contributed by atoms with Crippen molar-refractivity contribution in [3.63, 3.8) is 0 Å². The first-order chi connectivity index (χ1) is 7.32. The lowest BCUT2D eigenvalue weighted by Crippen LogP contribution is -2.25. The average Bonchev–Trinajstić information content (AvgIpc) is 2.18. The Labute approximate surface area is 103 Å². The van der Waals surface area contributed by atoms with E-state index < -0.39 is 0 Å². The van der Waals surface area contributed by atoms with Crippen molar-refractivity contribution >= 4 is 17.4 Å². The topological polar surface area (TPSA) is 37.8 Å². The summed E-state index contributed by atoms with van der Waals surface area (Å²) in [4.78, 5) is 8.12. The normalized spacial score (nSPS) is 13.6. The molecule has 0 aromatic carbocycles. The Morgan fingerprint density at radius 2 is 2.00 bits per heavy atom. The zero-order valence-corrected chi connectivity index (χ0v) is 11.4. The number of nitrogens with zero attached hydrogens (tertiary/aromatic N) is 2. The molecule has 1 unspecified atom stereocenters. The molecule has 0 aliphatic carbocycles. The fourth-order valence-electron chi connectivity index (χ4n) is 1.16. The molecule has 0 aliphatic rings. The van der Waals surface area contributed by atoms with Gasteiger partial charge in [-0.2, -0.15) is 0 Å². The van der Waals surface area contributed by atoms with Gasteiger partial charge in [0.05, 0.1) is 0 Å². The quantitative estimate of drug-likeness (QED) is 0.823. The lowest BCUT2D eigenvalue weighted by atomic mass is 9.82. The van der Waals surface area contributed by atoms with Crippen molar-refractivity contribution in [2.24, 2.45) is 11.3 Å². The van der Waals surface area contributed by atoms with Crippen LogP contribution < -0.4 is 5.32 Å². The molecule has 0 bridgehead atoms. The van der Waals surface area contributed by atoms with Crippen LogP contribution in [0.2, 0.25) is 5.15 Å². The van der Waals surface area contributed by atoms with Crippen LogP contribution in [0.25, 0.3) is 0 Å². The number of nitrogens with one attached hydrogen (secondary N) is 1. The number of aromatic nitrogens is 2. The highest BCUT2D eigenvalue weighted by molar-refractivity contribution is 6.30. The van der Waals surface area contributed by atoms with E-state index in [1.54, 1.807) is 0 Å². The second-order valence-corrected chi connectivity index (χ2v) is 5.64. The monoisotopic (exact) mass is 241 g/mol. The average molecular weight is 242 g/mol. The Hall–Kier alpha value is -0.830. The van der Waals surface area contributed by atoms with Gasteiger partial charge in [-0.05, 0) is 18.3 Å². The van der Waals surface area contributed by atoms with E-state index in [4.69, 9.17) is 11.6 Å².